The smallest absolute Gasteiger partial charge is 0.164 e. The van der Waals surface area contributed by atoms with E-state index in [1.165, 1.54) is 43.3 Å². The molecule has 0 radical (unpaired) electrons. The van der Waals surface area contributed by atoms with Crippen LogP contribution in [0.15, 0.2) is 164 Å². The Hall–Kier alpha value is -6.19. The van der Waals surface area contributed by atoms with Gasteiger partial charge in [0.05, 0.1) is 0 Å². The highest BCUT2D eigenvalue weighted by atomic mass is 15.0. The first-order valence-corrected chi connectivity index (χ1v) is 15.5. The van der Waals surface area contributed by atoms with Crippen LogP contribution in [0.3, 0.4) is 0 Å². The van der Waals surface area contributed by atoms with E-state index in [2.05, 4.69) is 103 Å². The first-order valence-electron chi connectivity index (χ1n) is 15.5. The summed E-state index contributed by atoms with van der Waals surface area (Å²) in [5.41, 5.74) is 5.21. The molecule has 9 aromatic rings. The maximum atomic E-state index is 5.07. The van der Waals surface area contributed by atoms with Crippen LogP contribution < -0.4 is 0 Å². The minimum atomic E-state index is 0.648. The van der Waals surface area contributed by atoms with E-state index in [9.17, 15) is 0 Å². The molecule has 9 rings (SSSR count). The quantitative estimate of drug-likeness (QED) is 0.193. The molecule has 0 fully saturated rings. The van der Waals surface area contributed by atoms with Crippen molar-refractivity contribution in [2.24, 2.45) is 0 Å². The summed E-state index contributed by atoms with van der Waals surface area (Å²) >= 11 is 0. The lowest BCUT2D eigenvalue weighted by molar-refractivity contribution is 1.07. The highest BCUT2D eigenvalue weighted by Gasteiger charge is 2.17. The lowest BCUT2D eigenvalue weighted by Gasteiger charge is -2.16. The van der Waals surface area contributed by atoms with E-state index in [4.69, 9.17) is 15.0 Å². The van der Waals surface area contributed by atoms with Crippen molar-refractivity contribution in [2.75, 3.05) is 0 Å². The molecule has 0 aliphatic rings. The van der Waals surface area contributed by atoms with Crippen molar-refractivity contribution in [3.63, 3.8) is 0 Å². The van der Waals surface area contributed by atoms with Gasteiger partial charge in [-0.05, 0) is 72.4 Å². The molecule has 3 heteroatoms. The van der Waals surface area contributed by atoms with E-state index >= 15 is 0 Å². The van der Waals surface area contributed by atoms with Crippen molar-refractivity contribution < 1.29 is 0 Å². The second-order valence-corrected chi connectivity index (χ2v) is 11.6. The minimum absolute atomic E-state index is 0.648. The van der Waals surface area contributed by atoms with Gasteiger partial charge >= 0.3 is 0 Å². The summed E-state index contributed by atoms with van der Waals surface area (Å²) in [6, 6.07) is 57.6. The van der Waals surface area contributed by atoms with Gasteiger partial charge in [-0.25, -0.2) is 15.0 Å². The predicted octanol–water partition coefficient (Wildman–Crippen LogP) is 11.2. The van der Waals surface area contributed by atoms with E-state index in [1.54, 1.807) is 0 Å². The molecular formula is C43H27N3. The minimum Gasteiger partial charge on any atom is -0.208 e. The Kier molecular flexibility index (Phi) is 6.14. The van der Waals surface area contributed by atoms with E-state index in [0.717, 1.165) is 27.6 Å². The third-order valence-corrected chi connectivity index (χ3v) is 8.88. The summed E-state index contributed by atoms with van der Waals surface area (Å²) in [6.45, 7) is 0. The Bertz CT molecular complexity index is 2520. The van der Waals surface area contributed by atoms with Gasteiger partial charge in [-0.3, -0.25) is 0 Å². The molecular weight excluding hydrogens is 558 g/mol. The van der Waals surface area contributed by atoms with E-state index in [-0.39, 0.29) is 0 Å². The zero-order chi connectivity index (χ0) is 30.5. The average Bonchev–Trinajstić information content (AvgIpc) is 3.14. The van der Waals surface area contributed by atoms with Crippen LogP contribution in [0, 0.1) is 0 Å². The van der Waals surface area contributed by atoms with Gasteiger partial charge in [0.1, 0.15) is 0 Å². The second-order valence-electron chi connectivity index (χ2n) is 11.6. The summed E-state index contributed by atoms with van der Waals surface area (Å²) < 4.78 is 0. The average molecular weight is 586 g/mol. The molecule has 0 aliphatic carbocycles. The number of benzene rings is 8. The highest BCUT2D eigenvalue weighted by Crippen LogP contribution is 2.42. The third kappa shape index (κ3) is 4.41. The number of hydrogen-bond donors (Lipinski definition) is 0. The Morgan fingerprint density at radius 2 is 0.739 bits per heavy atom. The summed E-state index contributed by atoms with van der Waals surface area (Å²) in [7, 11) is 0. The molecule has 0 amide bonds. The zero-order valence-electron chi connectivity index (χ0n) is 24.9. The number of aromatic nitrogens is 3. The van der Waals surface area contributed by atoms with Crippen LogP contribution in [0.5, 0.6) is 0 Å². The third-order valence-electron chi connectivity index (χ3n) is 8.88. The predicted molar refractivity (Wildman–Crippen MR) is 192 cm³/mol. The molecule has 0 atom stereocenters. The second kappa shape index (κ2) is 10.8. The Labute approximate surface area is 266 Å². The molecule has 0 bridgehead atoms. The van der Waals surface area contributed by atoms with Gasteiger partial charge < -0.3 is 0 Å². The molecule has 0 aliphatic heterocycles. The molecule has 0 saturated carbocycles. The molecule has 46 heavy (non-hydrogen) atoms. The van der Waals surface area contributed by atoms with Crippen molar-refractivity contribution >= 4 is 43.1 Å². The highest BCUT2D eigenvalue weighted by molar-refractivity contribution is 6.22. The summed E-state index contributed by atoms with van der Waals surface area (Å²) in [5, 5.41) is 9.80. The molecule has 0 unspecified atom stereocenters. The molecule has 3 nitrogen and oxygen atoms in total. The van der Waals surface area contributed by atoms with Gasteiger partial charge in [0.15, 0.2) is 17.5 Å². The lowest BCUT2D eigenvalue weighted by Crippen LogP contribution is -2.00. The first kappa shape index (κ1) is 26.2. The lowest BCUT2D eigenvalue weighted by atomic mass is 9.88. The maximum Gasteiger partial charge on any atom is 0.164 e. The molecule has 0 saturated heterocycles. The van der Waals surface area contributed by atoms with E-state index < -0.39 is 0 Å². The monoisotopic (exact) mass is 585 g/mol. The van der Waals surface area contributed by atoms with Crippen molar-refractivity contribution in [3.05, 3.63) is 164 Å². The Morgan fingerprint density at radius 3 is 1.41 bits per heavy atom. The number of fused-ring (bicyclic) bond motifs is 6. The summed E-state index contributed by atoms with van der Waals surface area (Å²) in [4.78, 5) is 15.1. The van der Waals surface area contributed by atoms with Crippen LogP contribution in [0.1, 0.15) is 0 Å². The van der Waals surface area contributed by atoms with Gasteiger partial charge in [0.2, 0.25) is 0 Å². The van der Waals surface area contributed by atoms with Crippen LogP contribution in [-0.4, -0.2) is 15.0 Å². The Morgan fingerprint density at radius 1 is 0.261 bits per heavy atom. The van der Waals surface area contributed by atoms with Crippen molar-refractivity contribution in [1.82, 2.24) is 15.0 Å². The van der Waals surface area contributed by atoms with Gasteiger partial charge in [0.25, 0.3) is 0 Å². The summed E-state index contributed by atoms with van der Waals surface area (Å²) in [5.74, 6) is 1.96. The van der Waals surface area contributed by atoms with Gasteiger partial charge in [-0.15, -0.1) is 0 Å². The molecule has 214 valence electrons. The molecule has 1 aromatic heterocycles. The van der Waals surface area contributed by atoms with Gasteiger partial charge in [0, 0.05) is 16.7 Å². The van der Waals surface area contributed by atoms with Crippen LogP contribution in [0.4, 0.5) is 0 Å². The number of hydrogen-bond acceptors (Lipinski definition) is 3. The van der Waals surface area contributed by atoms with Crippen molar-refractivity contribution in [3.8, 4) is 45.3 Å². The van der Waals surface area contributed by atoms with Gasteiger partial charge in [-0.2, -0.15) is 0 Å². The molecule has 8 aromatic carbocycles. The SMILES string of the molecule is c1ccc(-c2nc(-c3ccccc3)nc(-c3cc(-c4cc5c6ccccc6ccc5c5ccccc45)c4ccccc4c3)n2)cc1. The summed E-state index contributed by atoms with van der Waals surface area (Å²) in [6.07, 6.45) is 0. The van der Waals surface area contributed by atoms with Gasteiger partial charge in [-0.1, -0.05) is 146 Å². The van der Waals surface area contributed by atoms with Crippen LogP contribution in [-0.2, 0) is 0 Å². The standard InChI is InChI=1S/C43H27N3/c1-3-14-29(15-4-1)41-44-42(30-16-5-2-6-17-30)46-43(45-41)32-25-31-18-8-10-20-34(31)38(26-32)40-27-39-33-19-9-7-13-28(33)23-24-37(39)35-21-11-12-22-36(35)40/h1-27H. The van der Waals surface area contributed by atoms with E-state index in [1.807, 2.05) is 60.7 Å². The van der Waals surface area contributed by atoms with Crippen LogP contribution in [0.2, 0.25) is 0 Å². The van der Waals surface area contributed by atoms with Crippen LogP contribution >= 0.6 is 0 Å². The fourth-order valence-electron chi connectivity index (χ4n) is 6.68. The maximum absolute atomic E-state index is 5.07. The van der Waals surface area contributed by atoms with Crippen molar-refractivity contribution in [1.29, 1.82) is 0 Å². The normalized spacial score (nSPS) is 11.5. The zero-order valence-corrected chi connectivity index (χ0v) is 24.9. The molecule has 0 N–H and O–H groups in total. The first-order chi connectivity index (χ1) is 22.8. The fourth-order valence-corrected chi connectivity index (χ4v) is 6.68. The molecule has 1 heterocycles. The number of nitrogens with zero attached hydrogens (tertiary/aromatic N) is 3. The number of rotatable bonds is 4. The van der Waals surface area contributed by atoms with Crippen molar-refractivity contribution in [2.45, 2.75) is 0 Å². The van der Waals surface area contributed by atoms with E-state index in [0.29, 0.717) is 17.5 Å². The fraction of sp³-hybridized carbons (Fsp3) is 0. The largest absolute Gasteiger partial charge is 0.208 e. The molecule has 0 spiro atoms. The Balaban J connectivity index is 1.35. The topological polar surface area (TPSA) is 38.7 Å². The van der Waals surface area contributed by atoms with Crippen LogP contribution in [0.25, 0.3) is 88.4 Å².